The van der Waals surface area contributed by atoms with Crippen molar-refractivity contribution in [2.75, 3.05) is 7.11 Å². The summed E-state index contributed by atoms with van der Waals surface area (Å²) in [6.07, 6.45) is 5.60. The van der Waals surface area contributed by atoms with Crippen LogP contribution in [0.2, 0.25) is 0 Å². The number of fused-ring (bicyclic) bond motifs is 3. The third-order valence-corrected chi connectivity index (χ3v) is 8.09. The molecule has 0 spiro atoms. The van der Waals surface area contributed by atoms with Gasteiger partial charge < -0.3 is 10.1 Å². The molecule has 1 N–H and O–H groups in total. The minimum absolute atomic E-state index is 0.225. The zero-order chi connectivity index (χ0) is 24.2. The minimum Gasteiger partial charge on any atom is -0.497 e. The molecule has 1 aliphatic carbocycles. The van der Waals surface area contributed by atoms with E-state index in [1.807, 2.05) is 35.6 Å². The summed E-state index contributed by atoms with van der Waals surface area (Å²) in [7, 11) is -2.16. The number of nitrogens with one attached hydrogen (secondary N) is 1. The standard InChI is InChI=1S/C26H25N5O3S/c1-17-3-11-21(12-4-17)35(32,33)30-14-13-22-26(30)28-15-23-25(18-5-9-20(34-2)10-6-18)29-24(31(22)23)16-27-19-7-8-19/h3-6,9-15,19,27H,7-8,16H2,1-2H3. The molecule has 8 nitrogen and oxygen atoms in total. The number of imidazole rings is 1. The Balaban J connectivity index is 1.53. The van der Waals surface area contributed by atoms with Crippen LogP contribution in [0.4, 0.5) is 0 Å². The predicted octanol–water partition coefficient (Wildman–Crippen LogP) is 4.16. The Bertz CT molecular complexity index is 1650. The molecule has 35 heavy (non-hydrogen) atoms. The van der Waals surface area contributed by atoms with Crippen LogP contribution in [0.5, 0.6) is 5.75 Å². The number of rotatable bonds is 7. The van der Waals surface area contributed by atoms with Crippen LogP contribution < -0.4 is 10.1 Å². The summed E-state index contributed by atoms with van der Waals surface area (Å²) in [5.41, 5.74) is 4.61. The normalized spacial score (nSPS) is 14.1. The Labute approximate surface area is 203 Å². The predicted molar refractivity (Wildman–Crippen MR) is 134 cm³/mol. The first-order valence-electron chi connectivity index (χ1n) is 11.5. The number of hydrogen-bond acceptors (Lipinski definition) is 6. The van der Waals surface area contributed by atoms with Crippen LogP contribution in [0.1, 0.15) is 24.2 Å². The third kappa shape index (κ3) is 3.77. The number of ether oxygens (including phenoxy) is 1. The number of aromatic nitrogens is 4. The first-order valence-corrected chi connectivity index (χ1v) is 13.0. The van der Waals surface area contributed by atoms with Gasteiger partial charge in [0.2, 0.25) is 0 Å². The van der Waals surface area contributed by atoms with Gasteiger partial charge in [-0.1, -0.05) is 17.7 Å². The fraction of sp³-hybridized carbons (Fsp3) is 0.231. The number of hydrogen-bond donors (Lipinski definition) is 1. The summed E-state index contributed by atoms with van der Waals surface area (Å²) in [6, 6.07) is 16.9. The lowest BCUT2D eigenvalue weighted by molar-refractivity contribution is 0.415. The first kappa shape index (κ1) is 21.8. The monoisotopic (exact) mass is 487 g/mol. The number of benzene rings is 2. The topological polar surface area (TPSA) is 90.5 Å². The van der Waals surface area contributed by atoms with Crippen molar-refractivity contribution in [3.8, 4) is 17.0 Å². The van der Waals surface area contributed by atoms with Gasteiger partial charge in [-0.25, -0.2) is 22.4 Å². The zero-order valence-corrected chi connectivity index (χ0v) is 20.3. The smallest absolute Gasteiger partial charge is 0.269 e. The Morgan fingerprint density at radius 3 is 2.46 bits per heavy atom. The van der Waals surface area contributed by atoms with Crippen molar-refractivity contribution in [1.29, 1.82) is 0 Å². The van der Waals surface area contributed by atoms with Gasteiger partial charge in [0.15, 0.2) is 5.65 Å². The Kier molecular flexibility index (Phi) is 5.12. The van der Waals surface area contributed by atoms with E-state index in [2.05, 4.69) is 10.3 Å². The van der Waals surface area contributed by atoms with E-state index in [9.17, 15) is 8.42 Å². The quantitative estimate of drug-likeness (QED) is 0.371. The minimum atomic E-state index is -3.80. The van der Waals surface area contributed by atoms with Gasteiger partial charge in [-0.15, -0.1) is 0 Å². The van der Waals surface area contributed by atoms with E-state index in [1.165, 1.54) is 3.97 Å². The molecule has 1 aliphatic rings. The van der Waals surface area contributed by atoms with Crippen molar-refractivity contribution in [2.45, 2.75) is 37.2 Å². The molecule has 0 atom stereocenters. The average Bonchev–Trinajstić information content (AvgIpc) is 3.47. The van der Waals surface area contributed by atoms with Crippen molar-refractivity contribution < 1.29 is 13.2 Å². The molecular weight excluding hydrogens is 462 g/mol. The largest absolute Gasteiger partial charge is 0.497 e. The fourth-order valence-electron chi connectivity index (χ4n) is 4.31. The highest BCUT2D eigenvalue weighted by atomic mass is 32.2. The van der Waals surface area contributed by atoms with Gasteiger partial charge in [-0.3, -0.25) is 4.40 Å². The summed E-state index contributed by atoms with van der Waals surface area (Å²) in [5.74, 6) is 1.59. The van der Waals surface area contributed by atoms with Crippen LogP contribution >= 0.6 is 0 Å². The van der Waals surface area contributed by atoms with Gasteiger partial charge in [-0.2, -0.15) is 0 Å². The fourth-order valence-corrected chi connectivity index (χ4v) is 5.60. The number of aryl methyl sites for hydroxylation is 1. The molecule has 3 aromatic heterocycles. The molecule has 0 aliphatic heterocycles. The van der Waals surface area contributed by atoms with Crippen molar-refractivity contribution in [3.63, 3.8) is 0 Å². The molecule has 1 saturated carbocycles. The molecule has 9 heteroatoms. The number of nitrogens with zero attached hydrogens (tertiary/aromatic N) is 4. The van der Waals surface area contributed by atoms with Crippen LogP contribution in [-0.2, 0) is 16.6 Å². The summed E-state index contributed by atoms with van der Waals surface area (Å²) >= 11 is 0. The Morgan fingerprint density at radius 1 is 1.03 bits per heavy atom. The van der Waals surface area contributed by atoms with E-state index >= 15 is 0 Å². The molecule has 1 fully saturated rings. The van der Waals surface area contributed by atoms with Gasteiger partial charge in [0.25, 0.3) is 10.0 Å². The molecule has 0 amide bonds. The molecule has 3 heterocycles. The maximum atomic E-state index is 13.4. The van der Waals surface area contributed by atoms with E-state index in [1.54, 1.807) is 49.8 Å². The summed E-state index contributed by atoms with van der Waals surface area (Å²) in [4.78, 5) is 9.79. The highest BCUT2D eigenvalue weighted by Crippen LogP contribution is 2.31. The van der Waals surface area contributed by atoms with E-state index in [4.69, 9.17) is 9.72 Å². The van der Waals surface area contributed by atoms with E-state index in [0.29, 0.717) is 23.8 Å². The van der Waals surface area contributed by atoms with Crippen LogP contribution in [0, 0.1) is 6.92 Å². The van der Waals surface area contributed by atoms with E-state index in [0.717, 1.165) is 46.8 Å². The van der Waals surface area contributed by atoms with Crippen LogP contribution in [0.15, 0.2) is 71.9 Å². The molecule has 6 rings (SSSR count). The first-order chi connectivity index (χ1) is 17.0. The Morgan fingerprint density at radius 2 is 1.77 bits per heavy atom. The van der Waals surface area contributed by atoms with Crippen LogP contribution in [-0.4, -0.2) is 39.9 Å². The van der Waals surface area contributed by atoms with E-state index in [-0.39, 0.29) is 4.90 Å². The molecule has 0 saturated heterocycles. The summed E-state index contributed by atoms with van der Waals surface area (Å²) < 4.78 is 35.4. The van der Waals surface area contributed by atoms with Crippen molar-refractivity contribution in [2.24, 2.45) is 0 Å². The van der Waals surface area contributed by atoms with Crippen molar-refractivity contribution >= 4 is 26.7 Å². The lowest BCUT2D eigenvalue weighted by atomic mass is 10.1. The van der Waals surface area contributed by atoms with Gasteiger partial charge in [0.05, 0.1) is 41.5 Å². The lowest BCUT2D eigenvalue weighted by Crippen LogP contribution is -2.17. The van der Waals surface area contributed by atoms with E-state index < -0.39 is 10.0 Å². The second kappa shape index (κ2) is 8.21. The van der Waals surface area contributed by atoms with Gasteiger partial charge in [-0.05, 0) is 62.2 Å². The zero-order valence-electron chi connectivity index (χ0n) is 19.5. The molecule has 2 aromatic carbocycles. The summed E-state index contributed by atoms with van der Waals surface area (Å²) in [6.45, 7) is 2.51. The van der Waals surface area contributed by atoms with Gasteiger partial charge in [0.1, 0.15) is 11.6 Å². The summed E-state index contributed by atoms with van der Waals surface area (Å²) in [5, 5.41) is 3.53. The SMILES string of the molecule is COc1ccc(-c2nc(CNC3CC3)n3c2cnc2c3ccn2S(=O)(=O)c2ccc(C)cc2)cc1. The molecule has 0 unspecified atom stereocenters. The van der Waals surface area contributed by atoms with Crippen LogP contribution in [0.25, 0.3) is 27.9 Å². The molecule has 0 bridgehead atoms. The molecule has 0 radical (unpaired) electrons. The lowest BCUT2D eigenvalue weighted by Gasteiger charge is -2.09. The molecular formula is C26H25N5O3S. The highest BCUT2D eigenvalue weighted by Gasteiger charge is 2.25. The van der Waals surface area contributed by atoms with Crippen LogP contribution in [0.3, 0.4) is 0 Å². The molecule has 178 valence electrons. The maximum absolute atomic E-state index is 13.4. The Hall–Kier alpha value is -3.69. The van der Waals surface area contributed by atoms with Crippen molar-refractivity contribution in [1.82, 2.24) is 23.7 Å². The molecule has 5 aromatic rings. The number of methoxy groups -OCH3 is 1. The van der Waals surface area contributed by atoms with Crippen molar-refractivity contribution in [3.05, 3.63) is 78.4 Å². The average molecular weight is 488 g/mol. The van der Waals surface area contributed by atoms with Gasteiger partial charge in [0, 0.05) is 17.8 Å². The second-order valence-corrected chi connectivity index (χ2v) is 10.7. The highest BCUT2D eigenvalue weighted by molar-refractivity contribution is 7.90. The second-order valence-electron chi connectivity index (χ2n) is 8.88. The van der Waals surface area contributed by atoms with Gasteiger partial charge >= 0.3 is 0 Å². The maximum Gasteiger partial charge on any atom is 0.269 e. The third-order valence-electron chi connectivity index (χ3n) is 6.41.